The zero-order chi connectivity index (χ0) is 11.8. The summed E-state index contributed by atoms with van der Waals surface area (Å²) in [6.07, 6.45) is 1.06. The van der Waals surface area contributed by atoms with E-state index in [-0.39, 0.29) is 24.0 Å². The molecule has 0 atom stereocenters. The van der Waals surface area contributed by atoms with Gasteiger partial charge in [0.05, 0.1) is 0 Å². The Labute approximate surface area is 125 Å². The van der Waals surface area contributed by atoms with Crippen LogP contribution in [-0.4, -0.2) is 26.1 Å². The molecule has 0 unspecified atom stereocenters. The average Bonchev–Trinajstić information content (AvgIpc) is 2.75. The lowest BCUT2D eigenvalue weighted by molar-refractivity contribution is 0.615. The molecular formula is C12H22IN3S. The Hall–Kier alpha value is -0.300. The molecule has 0 saturated heterocycles. The zero-order valence-corrected chi connectivity index (χ0v) is 13.8. The lowest BCUT2D eigenvalue weighted by atomic mass is 10.2. The highest BCUT2D eigenvalue weighted by Gasteiger charge is 1.99. The van der Waals surface area contributed by atoms with E-state index in [9.17, 15) is 0 Å². The van der Waals surface area contributed by atoms with Crippen LogP contribution in [0.3, 0.4) is 0 Å². The quantitative estimate of drug-likeness (QED) is 0.477. The number of aliphatic imine (C=N–C) groups is 1. The summed E-state index contributed by atoms with van der Waals surface area (Å²) in [5.74, 6) is 1.53. The second-order valence-corrected chi connectivity index (χ2v) is 5.14. The number of nitrogens with one attached hydrogen (secondary N) is 2. The third-order valence-corrected chi connectivity index (χ3v) is 3.08. The molecule has 0 aliphatic heterocycles. The van der Waals surface area contributed by atoms with Gasteiger partial charge in [-0.3, -0.25) is 4.99 Å². The van der Waals surface area contributed by atoms with Gasteiger partial charge in [-0.25, -0.2) is 0 Å². The van der Waals surface area contributed by atoms with Crippen molar-refractivity contribution in [1.82, 2.24) is 10.6 Å². The predicted octanol–water partition coefficient (Wildman–Crippen LogP) is 2.73. The monoisotopic (exact) mass is 367 g/mol. The van der Waals surface area contributed by atoms with Crippen molar-refractivity contribution in [3.05, 3.63) is 22.4 Å². The summed E-state index contributed by atoms with van der Waals surface area (Å²) in [6.45, 7) is 6.26. The molecule has 0 spiro atoms. The summed E-state index contributed by atoms with van der Waals surface area (Å²) in [6, 6.07) is 4.25. The number of halogens is 1. The molecule has 0 aliphatic rings. The summed E-state index contributed by atoms with van der Waals surface area (Å²) in [4.78, 5) is 5.59. The predicted molar refractivity (Wildman–Crippen MR) is 87.6 cm³/mol. The average molecular weight is 367 g/mol. The van der Waals surface area contributed by atoms with Gasteiger partial charge in [0.15, 0.2) is 5.96 Å². The highest BCUT2D eigenvalue weighted by Crippen LogP contribution is 2.07. The van der Waals surface area contributed by atoms with E-state index in [0.717, 1.165) is 25.5 Å². The number of hydrogen-bond acceptors (Lipinski definition) is 2. The molecule has 0 aromatic carbocycles. The van der Waals surface area contributed by atoms with E-state index >= 15 is 0 Å². The molecule has 1 aromatic rings. The molecule has 5 heteroatoms. The van der Waals surface area contributed by atoms with Crippen LogP contribution in [-0.2, 0) is 6.42 Å². The minimum atomic E-state index is 0. The summed E-state index contributed by atoms with van der Waals surface area (Å²) in [5.41, 5.74) is 0. The van der Waals surface area contributed by atoms with Crippen LogP contribution < -0.4 is 10.6 Å². The largest absolute Gasteiger partial charge is 0.356 e. The van der Waals surface area contributed by atoms with Crippen LogP contribution in [0.2, 0.25) is 0 Å². The highest BCUT2D eigenvalue weighted by atomic mass is 127. The molecule has 2 N–H and O–H groups in total. The molecular weight excluding hydrogens is 345 g/mol. The zero-order valence-electron chi connectivity index (χ0n) is 10.7. The fraction of sp³-hybridized carbons (Fsp3) is 0.583. The van der Waals surface area contributed by atoms with Crippen LogP contribution in [0.4, 0.5) is 0 Å². The Kier molecular flexibility index (Phi) is 9.53. The Morgan fingerprint density at radius 3 is 2.71 bits per heavy atom. The first-order valence-electron chi connectivity index (χ1n) is 5.69. The summed E-state index contributed by atoms with van der Waals surface area (Å²) in [7, 11) is 1.81. The van der Waals surface area contributed by atoms with Gasteiger partial charge < -0.3 is 10.6 Å². The minimum Gasteiger partial charge on any atom is -0.356 e. The van der Waals surface area contributed by atoms with E-state index in [1.807, 2.05) is 0 Å². The van der Waals surface area contributed by atoms with Gasteiger partial charge in [-0.2, -0.15) is 0 Å². The molecule has 1 aromatic heterocycles. The minimum absolute atomic E-state index is 0. The first kappa shape index (κ1) is 16.7. The van der Waals surface area contributed by atoms with Crippen LogP contribution >= 0.6 is 35.3 Å². The Morgan fingerprint density at radius 2 is 2.18 bits per heavy atom. The van der Waals surface area contributed by atoms with Crippen LogP contribution in [0.25, 0.3) is 0 Å². The van der Waals surface area contributed by atoms with Crippen molar-refractivity contribution in [2.45, 2.75) is 20.3 Å². The molecule has 98 valence electrons. The van der Waals surface area contributed by atoms with Crippen LogP contribution in [0.15, 0.2) is 22.5 Å². The van der Waals surface area contributed by atoms with E-state index in [1.165, 1.54) is 4.88 Å². The summed E-state index contributed by atoms with van der Waals surface area (Å²) >= 11 is 1.80. The first-order chi connectivity index (χ1) is 7.72. The van der Waals surface area contributed by atoms with E-state index in [2.05, 4.69) is 47.0 Å². The van der Waals surface area contributed by atoms with Crippen LogP contribution in [0.5, 0.6) is 0 Å². The van der Waals surface area contributed by atoms with Crippen molar-refractivity contribution in [1.29, 1.82) is 0 Å². The Bertz CT molecular complexity index is 310. The Morgan fingerprint density at radius 1 is 1.41 bits per heavy atom. The molecule has 0 fully saturated rings. The highest BCUT2D eigenvalue weighted by molar-refractivity contribution is 14.0. The maximum Gasteiger partial charge on any atom is 0.190 e. The van der Waals surface area contributed by atoms with Crippen LogP contribution in [0.1, 0.15) is 18.7 Å². The lowest BCUT2D eigenvalue weighted by Gasteiger charge is -2.12. The molecule has 0 aliphatic carbocycles. The van der Waals surface area contributed by atoms with Crippen molar-refractivity contribution >= 4 is 41.3 Å². The fourth-order valence-electron chi connectivity index (χ4n) is 1.28. The van der Waals surface area contributed by atoms with Gasteiger partial charge in [0, 0.05) is 25.0 Å². The number of guanidine groups is 1. The Balaban J connectivity index is 0.00000256. The van der Waals surface area contributed by atoms with Gasteiger partial charge in [-0.15, -0.1) is 35.3 Å². The lowest BCUT2D eigenvalue weighted by Crippen LogP contribution is -2.39. The molecule has 0 radical (unpaired) electrons. The van der Waals surface area contributed by atoms with Crippen molar-refractivity contribution in [3.8, 4) is 0 Å². The number of rotatable bonds is 5. The van der Waals surface area contributed by atoms with Crippen molar-refractivity contribution in [3.63, 3.8) is 0 Å². The van der Waals surface area contributed by atoms with Crippen molar-refractivity contribution in [2.75, 3.05) is 20.1 Å². The molecule has 1 rings (SSSR count). The smallest absolute Gasteiger partial charge is 0.190 e. The third-order valence-electron chi connectivity index (χ3n) is 2.15. The SMILES string of the molecule is CN=C(NCCc1cccs1)NCC(C)C.I. The molecule has 0 saturated carbocycles. The maximum absolute atomic E-state index is 4.18. The second-order valence-electron chi connectivity index (χ2n) is 4.10. The molecule has 17 heavy (non-hydrogen) atoms. The van der Waals surface area contributed by atoms with Gasteiger partial charge in [0.1, 0.15) is 0 Å². The first-order valence-corrected chi connectivity index (χ1v) is 6.57. The maximum atomic E-state index is 4.18. The van der Waals surface area contributed by atoms with E-state index in [4.69, 9.17) is 0 Å². The van der Waals surface area contributed by atoms with E-state index in [1.54, 1.807) is 18.4 Å². The second kappa shape index (κ2) is 9.70. The normalized spacial score (nSPS) is 11.2. The summed E-state index contributed by atoms with van der Waals surface area (Å²) in [5, 5.41) is 8.71. The summed E-state index contributed by atoms with van der Waals surface area (Å²) < 4.78 is 0. The standard InChI is InChI=1S/C12H21N3S.HI/c1-10(2)9-15-12(13-3)14-7-6-11-5-4-8-16-11;/h4-5,8,10H,6-7,9H2,1-3H3,(H2,13,14,15);1H. The van der Waals surface area contributed by atoms with Gasteiger partial charge in [0.2, 0.25) is 0 Å². The molecule has 1 heterocycles. The number of thiophene rings is 1. The van der Waals surface area contributed by atoms with E-state index in [0.29, 0.717) is 5.92 Å². The van der Waals surface area contributed by atoms with Gasteiger partial charge in [-0.1, -0.05) is 19.9 Å². The molecule has 0 bridgehead atoms. The van der Waals surface area contributed by atoms with Gasteiger partial charge in [-0.05, 0) is 23.8 Å². The van der Waals surface area contributed by atoms with Gasteiger partial charge in [0.25, 0.3) is 0 Å². The third kappa shape index (κ3) is 7.59. The molecule has 0 amide bonds. The number of hydrogen-bond donors (Lipinski definition) is 2. The number of nitrogens with zero attached hydrogens (tertiary/aromatic N) is 1. The van der Waals surface area contributed by atoms with E-state index < -0.39 is 0 Å². The van der Waals surface area contributed by atoms with Gasteiger partial charge >= 0.3 is 0 Å². The topological polar surface area (TPSA) is 36.4 Å². The van der Waals surface area contributed by atoms with Crippen molar-refractivity contribution in [2.24, 2.45) is 10.9 Å². The van der Waals surface area contributed by atoms with Crippen LogP contribution in [0, 0.1) is 5.92 Å². The van der Waals surface area contributed by atoms with Crippen molar-refractivity contribution < 1.29 is 0 Å². The molecule has 3 nitrogen and oxygen atoms in total. The fourth-order valence-corrected chi connectivity index (χ4v) is 1.99.